The van der Waals surface area contributed by atoms with Gasteiger partial charge in [-0.05, 0) is 66.9 Å². The minimum Gasteiger partial charge on any atom is -0.486 e. The van der Waals surface area contributed by atoms with Crippen LogP contribution in [0.1, 0.15) is 32.3 Å². The summed E-state index contributed by atoms with van der Waals surface area (Å²) < 4.78 is 53.9. The van der Waals surface area contributed by atoms with Gasteiger partial charge in [-0.15, -0.1) is 0 Å². The van der Waals surface area contributed by atoms with E-state index in [1.165, 1.54) is 35.2 Å². The number of benzene rings is 3. The van der Waals surface area contributed by atoms with Crippen molar-refractivity contribution in [3.05, 3.63) is 83.1 Å². The first-order valence-electron chi connectivity index (χ1n) is 13.6. The van der Waals surface area contributed by atoms with Gasteiger partial charge in [0.1, 0.15) is 31.6 Å². The summed E-state index contributed by atoms with van der Waals surface area (Å²) in [6.45, 7) is 4.11. The van der Waals surface area contributed by atoms with Crippen LogP contribution in [-0.2, 0) is 26.2 Å². The molecule has 0 bridgehead atoms. The highest BCUT2D eigenvalue weighted by molar-refractivity contribution is 7.92. The number of nitrogens with one attached hydrogen (secondary N) is 1. The summed E-state index contributed by atoms with van der Waals surface area (Å²) in [5, 5.41) is 3.35. The molecule has 0 fully saturated rings. The molecule has 2 amide bonds. The van der Waals surface area contributed by atoms with E-state index in [9.17, 15) is 22.4 Å². The molecule has 0 aromatic heterocycles. The van der Waals surface area contributed by atoms with Crippen LogP contribution in [0.15, 0.2) is 71.6 Å². The maximum absolute atomic E-state index is 14.0. The number of hydrogen-bond donors (Lipinski definition) is 1. The van der Waals surface area contributed by atoms with Crippen molar-refractivity contribution in [1.29, 1.82) is 0 Å². The van der Waals surface area contributed by atoms with Crippen LogP contribution in [0.3, 0.4) is 0 Å². The van der Waals surface area contributed by atoms with Gasteiger partial charge < -0.3 is 19.7 Å². The molecule has 1 heterocycles. The van der Waals surface area contributed by atoms with Crippen molar-refractivity contribution < 1.29 is 31.9 Å². The van der Waals surface area contributed by atoms with Crippen molar-refractivity contribution in [3.63, 3.8) is 0 Å². The molecule has 1 aliphatic rings. The summed E-state index contributed by atoms with van der Waals surface area (Å²) in [7, 11) is -4.36. The molecule has 0 spiro atoms. The van der Waals surface area contributed by atoms with Crippen molar-refractivity contribution in [3.8, 4) is 11.5 Å². The third-order valence-electron chi connectivity index (χ3n) is 6.70. The summed E-state index contributed by atoms with van der Waals surface area (Å²) in [5.74, 6) is -0.860. The van der Waals surface area contributed by atoms with Gasteiger partial charge in [-0.25, -0.2) is 12.8 Å². The van der Waals surface area contributed by atoms with Crippen LogP contribution in [0, 0.1) is 5.82 Å². The van der Waals surface area contributed by atoms with Crippen molar-refractivity contribution in [2.75, 3.05) is 30.6 Å². The van der Waals surface area contributed by atoms with E-state index in [0.29, 0.717) is 42.3 Å². The molecular weight excluding hydrogens is 585 g/mol. The van der Waals surface area contributed by atoms with Gasteiger partial charge >= 0.3 is 0 Å². The highest BCUT2D eigenvalue weighted by atomic mass is 35.5. The van der Waals surface area contributed by atoms with Crippen LogP contribution in [0.2, 0.25) is 5.02 Å². The quantitative estimate of drug-likeness (QED) is 0.314. The lowest BCUT2D eigenvalue weighted by Crippen LogP contribution is -2.52. The topological polar surface area (TPSA) is 105 Å². The van der Waals surface area contributed by atoms with Gasteiger partial charge in [0.25, 0.3) is 10.0 Å². The van der Waals surface area contributed by atoms with Crippen molar-refractivity contribution in [2.24, 2.45) is 0 Å². The van der Waals surface area contributed by atoms with Gasteiger partial charge in [-0.2, -0.15) is 0 Å². The lowest BCUT2D eigenvalue weighted by molar-refractivity contribution is -0.140. The van der Waals surface area contributed by atoms with Gasteiger partial charge in [0.15, 0.2) is 11.5 Å². The second-order valence-corrected chi connectivity index (χ2v) is 12.0. The van der Waals surface area contributed by atoms with E-state index in [1.54, 1.807) is 31.2 Å². The Hall–Kier alpha value is -3.83. The summed E-state index contributed by atoms with van der Waals surface area (Å²) in [6.07, 6.45) is 1.000. The Labute approximate surface area is 250 Å². The number of halogens is 2. The Morgan fingerprint density at radius 1 is 0.976 bits per heavy atom. The zero-order chi connectivity index (χ0) is 30.3. The summed E-state index contributed by atoms with van der Waals surface area (Å²) in [5.41, 5.74) is 0.784. The predicted octanol–water partition coefficient (Wildman–Crippen LogP) is 4.78. The van der Waals surface area contributed by atoms with E-state index >= 15 is 0 Å². The van der Waals surface area contributed by atoms with Crippen LogP contribution in [0.4, 0.5) is 10.1 Å². The maximum atomic E-state index is 14.0. The second kappa shape index (κ2) is 13.9. The van der Waals surface area contributed by atoms with Crippen molar-refractivity contribution >= 4 is 39.1 Å². The standard InChI is InChI=1S/C30H33ClFN3O6S/c1-3-15-33-30(37)26(4-2)34(19-21-5-7-22(31)8-6-21)29(36)20-35(24-11-9-23(32)10-12-24)42(38,39)25-13-14-27-28(18-25)41-17-16-40-27/h5-14,18,26H,3-4,15-17,19-20H2,1-2H3,(H,33,37). The van der Waals surface area contributed by atoms with E-state index in [4.69, 9.17) is 21.1 Å². The normalized spacial score (nSPS) is 13.2. The molecule has 0 saturated carbocycles. The molecule has 0 saturated heterocycles. The second-order valence-electron chi connectivity index (χ2n) is 9.66. The Morgan fingerprint density at radius 2 is 1.64 bits per heavy atom. The molecule has 3 aromatic carbocycles. The number of carbonyl (C=O) groups is 2. The lowest BCUT2D eigenvalue weighted by atomic mass is 10.1. The predicted molar refractivity (Wildman–Crippen MR) is 158 cm³/mol. The van der Waals surface area contributed by atoms with Gasteiger partial charge in [0.05, 0.1) is 10.6 Å². The summed E-state index contributed by atoms with van der Waals surface area (Å²) in [6, 6.07) is 15.0. The maximum Gasteiger partial charge on any atom is 0.264 e. The molecule has 1 N–H and O–H groups in total. The van der Waals surface area contributed by atoms with Crippen LogP contribution in [0.5, 0.6) is 11.5 Å². The largest absolute Gasteiger partial charge is 0.486 e. The molecule has 42 heavy (non-hydrogen) atoms. The molecular formula is C30H33ClFN3O6S. The first-order valence-corrected chi connectivity index (χ1v) is 15.5. The highest BCUT2D eigenvalue weighted by Crippen LogP contribution is 2.34. The number of ether oxygens (including phenoxy) is 2. The number of hydrogen-bond acceptors (Lipinski definition) is 6. The molecule has 224 valence electrons. The third kappa shape index (κ3) is 7.32. The number of sulfonamides is 1. The zero-order valence-corrected chi connectivity index (χ0v) is 25.0. The third-order valence-corrected chi connectivity index (χ3v) is 8.72. The fourth-order valence-electron chi connectivity index (χ4n) is 4.52. The van der Waals surface area contributed by atoms with Crippen LogP contribution < -0.4 is 19.1 Å². The first kappa shape index (κ1) is 31.1. The lowest BCUT2D eigenvalue weighted by Gasteiger charge is -2.33. The van der Waals surface area contributed by atoms with E-state index in [1.807, 2.05) is 6.92 Å². The van der Waals surface area contributed by atoms with Crippen LogP contribution in [0.25, 0.3) is 0 Å². The monoisotopic (exact) mass is 617 g/mol. The molecule has 4 rings (SSSR count). The van der Waals surface area contributed by atoms with Crippen molar-refractivity contribution in [2.45, 2.75) is 44.2 Å². The smallest absolute Gasteiger partial charge is 0.264 e. The fourth-order valence-corrected chi connectivity index (χ4v) is 6.08. The molecule has 3 aromatic rings. The molecule has 1 aliphatic heterocycles. The van der Waals surface area contributed by atoms with E-state index in [2.05, 4.69) is 5.32 Å². The average Bonchev–Trinajstić information content (AvgIpc) is 2.99. The number of amides is 2. The van der Waals surface area contributed by atoms with Gasteiger partial charge in [-0.1, -0.05) is 37.6 Å². The minimum atomic E-state index is -4.36. The van der Waals surface area contributed by atoms with Crippen LogP contribution in [-0.4, -0.2) is 57.5 Å². The Balaban J connectivity index is 1.73. The number of anilines is 1. The SMILES string of the molecule is CCCNC(=O)C(CC)N(Cc1ccc(Cl)cc1)C(=O)CN(c1ccc(F)cc1)S(=O)(=O)c1ccc2c(c1)OCCO2. The van der Waals surface area contributed by atoms with Gasteiger partial charge in [0, 0.05) is 24.2 Å². The van der Waals surface area contributed by atoms with Gasteiger partial charge in [-0.3, -0.25) is 13.9 Å². The van der Waals surface area contributed by atoms with Crippen molar-refractivity contribution in [1.82, 2.24) is 10.2 Å². The number of fused-ring (bicyclic) bond motifs is 1. The average molecular weight is 618 g/mol. The number of nitrogens with zero attached hydrogens (tertiary/aromatic N) is 2. The summed E-state index contributed by atoms with van der Waals surface area (Å²) in [4.78, 5) is 28.4. The minimum absolute atomic E-state index is 0.0371. The Morgan fingerprint density at radius 3 is 2.29 bits per heavy atom. The number of rotatable bonds is 12. The van der Waals surface area contributed by atoms with E-state index in [0.717, 1.165) is 16.4 Å². The zero-order valence-electron chi connectivity index (χ0n) is 23.4. The molecule has 12 heteroatoms. The van der Waals surface area contributed by atoms with E-state index in [-0.39, 0.29) is 35.4 Å². The Kier molecular flexibility index (Phi) is 10.3. The molecule has 9 nitrogen and oxygen atoms in total. The number of carbonyl (C=O) groups excluding carboxylic acids is 2. The summed E-state index contributed by atoms with van der Waals surface area (Å²) >= 11 is 6.05. The van der Waals surface area contributed by atoms with E-state index < -0.39 is 34.3 Å². The molecule has 0 aliphatic carbocycles. The molecule has 1 atom stereocenters. The van der Waals surface area contributed by atoms with Gasteiger partial charge in [0.2, 0.25) is 11.8 Å². The molecule has 0 radical (unpaired) electrons. The molecule has 1 unspecified atom stereocenters. The first-order chi connectivity index (χ1) is 20.1. The fraction of sp³-hybridized carbons (Fsp3) is 0.333. The van der Waals surface area contributed by atoms with Crippen LogP contribution >= 0.6 is 11.6 Å². The highest BCUT2D eigenvalue weighted by Gasteiger charge is 2.34. The Bertz CT molecular complexity index is 1500.